The predicted octanol–water partition coefficient (Wildman–Crippen LogP) is 2.94. The third-order valence-corrected chi connectivity index (χ3v) is 4.03. The molecular weight excluding hydrogens is 330 g/mol. The Hall–Kier alpha value is -3.72. The Bertz CT molecular complexity index is 1060. The highest BCUT2D eigenvalue weighted by Gasteiger charge is 2.31. The Kier molecular flexibility index (Phi) is 4.38. The van der Waals surface area contributed by atoms with Gasteiger partial charge in [0.05, 0.1) is 11.2 Å². The number of nitrogens with zero attached hydrogens (tertiary/aromatic N) is 3. The Morgan fingerprint density at radius 3 is 2.15 bits per heavy atom. The number of carbonyl (C=O) groups excluding carboxylic acids is 3. The minimum atomic E-state index is -0.563. The van der Waals surface area contributed by atoms with Crippen molar-refractivity contribution in [2.45, 2.75) is 13.8 Å². The summed E-state index contributed by atoms with van der Waals surface area (Å²) in [6.45, 7) is 2.45. The monoisotopic (exact) mass is 345 g/mol. The SMILES string of the molecule is CC(=O)N(C(C)=O)c1c(C#N)c2ccccn2c1C(=O)c1ccccc1. The number of benzene rings is 1. The minimum absolute atomic E-state index is 0.0209. The number of rotatable bonds is 3. The average molecular weight is 345 g/mol. The molecule has 0 N–H and O–H groups in total. The molecule has 2 amide bonds. The molecule has 0 bridgehead atoms. The summed E-state index contributed by atoms with van der Waals surface area (Å²) in [6, 6.07) is 15.7. The zero-order valence-corrected chi connectivity index (χ0v) is 14.3. The molecule has 6 nitrogen and oxygen atoms in total. The van der Waals surface area contributed by atoms with Crippen LogP contribution in [0.5, 0.6) is 0 Å². The van der Waals surface area contributed by atoms with Crippen molar-refractivity contribution >= 4 is 28.8 Å². The fourth-order valence-corrected chi connectivity index (χ4v) is 3.00. The number of anilines is 1. The van der Waals surface area contributed by atoms with Gasteiger partial charge in [-0.05, 0) is 12.1 Å². The van der Waals surface area contributed by atoms with Crippen LogP contribution in [-0.4, -0.2) is 22.0 Å². The number of amides is 2. The van der Waals surface area contributed by atoms with Crippen LogP contribution in [-0.2, 0) is 9.59 Å². The maximum Gasteiger partial charge on any atom is 0.230 e. The lowest BCUT2D eigenvalue weighted by atomic mass is 10.1. The van der Waals surface area contributed by atoms with Crippen LogP contribution in [0.15, 0.2) is 54.7 Å². The first kappa shape index (κ1) is 17.1. The number of carbonyl (C=O) groups is 3. The molecule has 2 aromatic heterocycles. The fraction of sp³-hybridized carbons (Fsp3) is 0.100. The molecule has 1 aromatic carbocycles. The van der Waals surface area contributed by atoms with Gasteiger partial charge in [0.2, 0.25) is 17.6 Å². The van der Waals surface area contributed by atoms with Crippen molar-refractivity contribution in [2.75, 3.05) is 4.90 Å². The first-order chi connectivity index (χ1) is 12.5. The van der Waals surface area contributed by atoms with Crippen molar-refractivity contribution in [3.05, 3.63) is 71.5 Å². The number of hydrogen-bond acceptors (Lipinski definition) is 4. The summed E-state index contributed by atoms with van der Waals surface area (Å²) in [7, 11) is 0. The summed E-state index contributed by atoms with van der Waals surface area (Å²) in [5.41, 5.74) is 1.09. The smallest absolute Gasteiger partial charge is 0.230 e. The summed E-state index contributed by atoms with van der Waals surface area (Å²) < 4.78 is 1.54. The molecule has 0 fully saturated rings. The van der Waals surface area contributed by atoms with Crippen molar-refractivity contribution in [1.82, 2.24) is 4.40 Å². The molecule has 0 radical (unpaired) electrons. The quantitative estimate of drug-likeness (QED) is 0.683. The van der Waals surface area contributed by atoms with Gasteiger partial charge in [0.25, 0.3) is 0 Å². The normalized spacial score (nSPS) is 10.3. The highest BCUT2D eigenvalue weighted by atomic mass is 16.2. The van der Waals surface area contributed by atoms with E-state index in [1.165, 1.54) is 13.8 Å². The fourth-order valence-electron chi connectivity index (χ4n) is 3.00. The third-order valence-electron chi connectivity index (χ3n) is 4.03. The second-order valence-electron chi connectivity index (χ2n) is 5.71. The van der Waals surface area contributed by atoms with Crippen molar-refractivity contribution < 1.29 is 14.4 Å². The lowest BCUT2D eigenvalue weighted by Gasteiger charge is -2.18. The van der Waals surface area contributed by atoms with Crippen LogP contribution in [0.2, 0.25) is 0 Å². The maximum absolute atomic E-state index is 13.2. The Morgan fingerprint density at radius 1 is 0.962 bits per heavy atom. The largest absolute Gasteiger partial charge is 0.310 e. The van der Waals surface area contributed by atoms with E-state index >= 15 is 0 Å². The highest BCUT2D eigenvalue weighted by Crippen LogP contribution is 2.33. The number of hydrogen-bond donors (Lipinski definition) is 0. The van der Waals surface area contributed by atoms with Gasteiger partial charge in [0.1, 0.15) is 17.3 Å². The molecule has 0 aliphatic heterocycles. The summed E-state index contributed by atoms with van der Waals surface area (Å²) in [6.07, 6.45) is 1.63. The second kappa shape index (κ2) is 6.65. The summed E-state index contributed by atoms with van der Waals surface area (Å²) in [5.74, 6) is -1.50. The number of nitriles is 1. The first-order valence-electron chi connectivity index (χ1n) is 7.91. The van der Waals surface area contributed by atoms with Crippen LogP contribution < -0.4 is 4.90 Å². The standard InChI is InChI=1S/C20H15N3O3/c1-13(24)23(14(2)25)18-16(12-21)17-10-6-7-11-22(17)19(18)20(26)15-8-4-3-5-9-15/h3-11H,1-2H3. The van der Waals surface area contributed by atoms with E-state index in [0.29, 0.717) is 11.1 Å². The Labute approximate surface area is 149 Å². The molecule has 0 atom stereocenters. The first-order valence-corrected chi connectivity index (χ1v) is 7.91. The summed E-state index contributed by atoms with van der Waals surface area (Å²) >= 11 is 0. The van der Waals surface area contributed by atoms with Gasteiger partial charge < -0.3 is 4.40 Å². The van der Waals surface area contributed by atoms with E-state index in [9.17, 15) is 19.6 Å². The number of pyridine rings is 1. The van der Waals surface area contributed by atoms with Gasteiger partial charge in [-0.25, -0.2) is 4.90 Å². The molecule has 0 aliphatic carbocycles. The van der Waals surface area contributed by atoms with Crippen molar-refractivity contribution in [2.24, 2.45) is 0 Å². The molecule has 128 valence electrons. The average Bonchev–Trinajstić information content (AvgIpc) is 2.95. The maximum atomic E-state index is 13.2. The topological polar surface area (TPSA) is 82.7 Å². The zero-order chi connectivity index (χ0) is 18.8. The molecule has 3 aromatic rings. The van der Waals surface area contributed by atoms with Crippen LogP contribution in [0.3, 0.4) is 0 Å². The Morgan fingerprint density at radius 2 is 1.58 bits per heavy atom. The van der Waals surface area contributed by atoms with E-state index in [2.05, 4.69) is 0 Å². The Balaban J connectivity index is 2.43. The van der Waals surface area contributed by atoms with Crippen LogP contribution in [0.4, 0.5) is 5.69 Å². The zero-order valence-electron chi connectivity index (χ0n) is 14.3. The van der Waals surface area contributed by atoms with Gasteiger partial charge in [-0.3, -0.25) is 14.4 Å². The predicted molar refractivity (Wildman–Crippen MR) is 95.8 cm³/mol. The molecule has 26 heavy (non-hydrogen) atoms. The van der Waals surface area contributed by atoms with Crippen LogP contribution in [0.25, 0.3) is 5.52 Å². The van der Waals surface area contributed by atoms with Gasteiger partial charge in [-0.15, -0.1) is 0 Å². The summed E-state index contributed by atoms with van der Waals surface area (Å²) in [4.78, 5) is 38.3. The lowest BCUT2D eigenvalue weighted by Crippen LogP contribution is -2.34. The van der Waals surface area contributed by atoms with Gasteiger partial charge in [0, 0.05) is 25.6 Å². The highest BCUT2D eigenvalue weighted by molar-refractivity contribution is 6.21. The van der Waals surface area contributed by atoms with Crippen molar-refractivity contribution in [3.8, 4) is 6.07 Å². The van der Waals surface area contributed by atoms with E-state index in [0.717, 1.165) is 4.90 Å². The van der Waals surface area contributed by atoms with Crippen LogP contribution >= 0.6 is 0 Å². The minimum Gasteiger partial charge on any atom is -0.310 e. The number of fused-ring (bicyclic) bond motifs is 1. The van der Waals surface area contributed by atoms with Crippen molar-refractivity contribution in [1.29, 1.82) is 5.26 Å². The molecule has 3 rings (SSSR count). The van der Waals surface area contributed by atoms with E-state index < -0.39 is 11.8 Å². The van der Waals surface area contributed by atoms with E-state index in [-0.39, 0.29) is 22.7 Å². The van der Waals surface area contributed by atoms with Crippen molar-refractivity contribution in [3.63, 3.8) is 0 Å². The molecule has 0 spiro atoms. The number of ketones is 1. The second-order valence-corrected chi connectivity index (χ2v) is 5.71. The lowest BCUT2D eigenvalue weighted by molar-refractivity contribution is -0.124. The van der Waals surface area contributed by atoms with Crippen LogP contribution in [0.1, 0.15) is 35.5 Å². The number of aromatic nitrogens is 1. The molecule has 0 unspecified atom stereocenters. The third kappa shape index (κ3) is 2.66. The summed E-state index contributed by atoms with van der Waals surface area (Å²) in [5, 5.41) is 9.67. The van der Waals surface area contributed by atoms with E-state index in [1.54, 1.807) is 59.1 Å². The van der Waals surface area contributed by atoms with E-state index in [1.807, 2.05) is 6.07 Å². The molecule has 0 aliphatic rings. The molecular formula is C20H15N3O3. The molecule has 2 heterocycles. The van der Waals surface area contributed by atoms with Gasteiger partial charge in [-0.1, -0.05) is 36.4 Å². The molecule has 6 heteroatoms. The van der Waals surface area contributed by atoms with Gasteiger partial charge >= 0.3 is 0 Å². The molecule has 0 saturated heterocycles. The molecule has 0 saturated carbocycles. The van der Waals surface area contributed by atoms with Crippen LogP contribution in [0, 0.1) is 11.3 Å². The van der Waals surface area contributed by atoms with Gasteiger partial charge in [-0.2, -0.15) is 5.26 Å². The van der Waals surface area contributed by atoms with Gasteiger partial charge in [0.15, 0.2) is 0 Å². The number of imide groups is 1. The van der Waals surface area contributed by atoms with E-state index in [4.69, 9.17) is 0 Å².